The van der Waals surface area contributed by atoms with Gasteiger partial charge in [0, 0.05) is 48.7 Å². The summed E-state index contributed by atoms with van der Waals surface area (Å²) < 4.78 is 34.9. The second-order valence-corrected chi connectivity index (χ2v) is 15.8. The summed E-state index contributed by atoms with van der Waals surface area (Å²) in [6.07, 6.45) is 0.964. The molecule has 0 aliphatic carbocycles. The molecule has 2 aliphatic heterocycles. The number of halogens is 1. The summed E-state index contributed by atoms with van der Waals surface area (Å²) in [4.78, 5) is 45.0. The van der Waals surface area contributed by atoms with E-state index < -0.39 is 29.2 Å². The average Bonchev–Trinajstić information content (AvgIpc) is 3.66. The summed E-state index contributed by atoms with van der Waals surface area (Å²) >= 11 is 1.21. The molecular formula is C36H43FN8O5S. The van der Waals surface area contributed by atoms with E-state index in [1.165, 1.54) is 11.3 Å². The van der Waals surface area contributed by atoms with Crippen molar-refractivity contribution in [3.05, 3.63) is 35.6 Å². The van der Waals surface area contributed by atoms with Gasteiger partial charge < -0.3 is 28.9 Å². The molecule has 51 heavy (non-hydrogen) atoms. The van der Waals surface area contributed by atoms with Gasteiger partial charge in [-0.15, -0.1) is 0 Å². The van der Waals surface area contributed by atoms with Crippen molar-refractivity contribution >= 4 is 55.6 Å². The number of nitriles is 1. The molecule has 0 bridgehead atoms. The molecule has 15 heteroatoms. The first-order chi connectivity index (χ1) is 24.1. The van der Waals surface area contributed by atoms with E-state index in [0.29, 0.717) is 59.8 Å². The number of amides is 2. The van der Waals surface area contributed by atoms with Crippen LogP contribution in [0.4, 0.5) is 24.9 Å². The molecule has 1 atom stereocenters. The molecule has 0 radical (unpaired) electrons. The summed E-state index contributed by atoms with van der Waals surface area (Å²) in [5.41, 5.74) is -0.443. The van der Waals surface area contributed by atoms with Gasteiger partial charge in [-0.25, -0.2) is 19.0 Å². The Morgan fingerprint density at radius 1 is 1.02 bits per heavy atom. The number of para-hydroxylation sites is 1. The number of hydrogen-bond acceptors (Lipinski definition) is 12. The number of likely N-dealkylation sites (tertiary alicyclic amines) is 1. The van der Waals surface area contributed by atoms with Crippen LogP contribution in [0.15, 0.2) is 24.3 Å². The topological polar surface area (TPSA) is 146 Å². The highest BCUT2D eigenvalue weighted by Gasteiger charge is 2.30. The van der Waals surface area contributed by atoms with Crippen LogP contribution in [0, 0.1) is 17.1 Å². The number of nitrogens with zero attached hydrogens (tertiary/aromatic N) is 7. The van der Waals surface area contributed by atoms with Crippen LogP contribution in [-0.4, -0.2) is 101 Å². The van der Waals surface area contributed by atoms with Crippen molar-refractivity contribution in [3.63, 3.8) is 0 Å². The molecule has 1 N–H and O–H groups in total. The molecule has 2 saturated heterocycles. The van der Waals surface area contributed by atoms with Gasteiger partial charge in [-0.2, -0.15) is 15.2 Å². The van der Waals surface area contributed by atoms with E-state index in [-0.39, 0.29) is 33.8 Å². The number of carbonyl (C=O) groups is 2. The van der Waals surface area contributed by atoms with Crippen LogP contribution in [0.5, 0.6) is 6.01 Å². The van der Waals surface area contributed by atoms with Gasteiger partial charge in [-0.3, -0.25) is 5.32 Å². The average molecular weight is 719 g/mol. The summed E-state index contributed by atoms with van der Waals surface area (Å²) in [6.45, 7) is 13.6. The number of hydrogen-bond donors (Lipinski definition) is 1. The molecule has 2 aliphatic rings. The Hall–Kier alpha value is -4.81. The Kier molecular flexibility index (Phi) is 9.93. The normalized spacial score (nSPS) is 17.1. The monoisotopic (exact) mass is 718 g/mol. The third-order valence-corrected chi connectivity index (χ3v) is 9.55. The number of anilines is 2. The Morgan fingerprint density at radius 2 is 1.75 bits per heavy atom. The summed E-state index contributed by atoms with van der Waals surface area (Å²) in [6, 6.07) is 9.23. The maximum Gasteiger partial charge on any atom is 0.413 e. The lowest BCUT2D eigenvalue weighted by molar-refractivity contribution is 0.0240. The minimum atomic E-state index is -0.718. The van der Waals surface area contributed by atoms with Gasteiger partial charge in [0.05, 0.1) is 21.8 Å². The van der Waals surface area contributed by atoms with Gasteiger partial charge >= 0.3 is 18.2 Å². The Bertz CT molecular complexity index is 2010. The van der Waals surface area contributed by atoms with Crippen molar-refractivity contribution in [2.45, 2.75) is 71.6 Å². The highest BCUT2D eigenvalue weighted by atomic mass is 32.1. The minimum Gasteiger partial charge on any atom is -0.462 e. The first-order valence-corrected chi connectivity index (χ1v) is 17.8. The van der Waals surface area contributed by atoms with Crippen LogP contribution >= 0.6 is 11.3 Å². The molecule has 13 nitrogen and oxygen atoms in total. The molecule has 4 heterocycles. The smallest absolute Gasteiger partial charge is 0.413 e. The van der Waals surface area contributed by atoms with Crippen molar-refractivity contribution in [1.29, 1.82) is 5.26 Å². The van der Waals surface area contributed by atoms with Crippen LogP contribution in [0.3, 0.4) is 0 Å². The van der Waals surface area contributed by atoms with Crippen molar-refractivity contribution < 1.29 is 28.2 Å². The SMILES string of the molecule is CN1CCC[C@H]1COc1nc(N2CCN(C(=O)OC(C)(C)C)CC2)c2cc(C#N)c(-c3cccc4sc(NC(=O)OC(C)(C)C)nc34)c(F)c2n1. The van der Waals surface area contributed by atoms with Crippen molar-refractivity contribution in [3.8, 4) is 23.2 Å². The van der Waals surface area contributed by atoms with Gasteiger partial charge in [0.1, 0.15) is 29.1 Å². The van der Waals surface area contributed by atoms with E-state index >= 15 is 4.39 Å². The van der Waals surface area contributed by atoms with Gasteiger partial charge in [0.15, 0.2) is 10.9 Å². The number of benzene rings is 2. The maximum atomic E-state index is 17.1. The number of carbonyl (C=O) groups excluding carboxylic acids is 2. The lowest BCUT2D eigenvalue weighted by Gasteiger charge is -2.36. The first-order valence-electron chi connectivity index (χ1n) is 17.0. The van der Waals surface area contributed by atoms with Crippen molar-refractivity contribution in [2.24, 2.45) is 0 Å². The predicted octanol–water partition coefficient (Wildman–Crippen LogP) is 6.79. The minimum absolute atomic E-state index is 0.00214. The predicted molar refractivity (Wildman–Crippen MR) is 194 cm³/mol. The fraction of sp³-hybridized carbons (Fsp3) is 0.500. The molecule has 2 aromatic carbocycles. The van der Waals surface area contributed by atoms with Crippen LogP contribution in [0.25, 0.3) is 32.2 Å². The standard InChI is InChI=1S/C36H43FN8O5S/c1-35(2,3)49-33(46)42-32-40-28-23(11-8-12-25(28)51-32)26-21(19-38)18-24-29(27(26)37)39-31(48-20-22-10-9-13-43(22)7)41-30(24)44-14-16-45(17-15-44)34(47)50-36(4,5)6/h8,11-12,18,22H,9-10,13-17,20H2,1-7H3,(H,40,42,46)/t22-/m0/s1. The summed E-state index contributed by atoms with van der Waals surface area (Å²) in [5.74, 6) is -0.304. The van der Waals surface area contributed by atoms with Gasteiger partial charge in [0.2, 0.25) is 0 Å². The van der Waals surface area contributed by atoms with E-state index in [0.717, 1.165) is 19.4 Å². The van der Waals surface area contributed by atoms with E-state index in [1.54, 1.807) is 43.9 Å². The number of rotatable bonds is 6. The number of ether oxygens (including phenoxy) is 3. The third-order valence-electron chi connectivity index (χ3n) is 8.61. The van der Waals surface area contributed by atoms with Gasteiger partial charge in [0.25, 0.3) is 0 Å². The lowest BCUT2D eigenvalue weighted by atomic mass is 9.96. The maximum absolute atomic E-state index is 17.1. The molecule has 2 aromatic heterocycles. The zero-order valence-electron chi connectivity index (χ0n) is 30.0. The molecule has 6 rings (SSSR count). The highest BCUT2D eigenvalue weighted by Crippen LogP contribution is 2.40. The third kappa shape index (κ3) is 8.07. The van der Waals surface area contributed by atoms with E-state index in [4.69, 9.17) is 19.2 Å². The Balaban J connectivity index is 1.41. The molecule has 4 aromatic rings. The molecular weight excluding hydrogens is 676 g/mol. The van der Waals surface area contributed by atoms with E-state index in [2.05, 4.69) is 26.3 Å². The molecule has 2 fully saturated rings. The van der Waals surface area contributed by atoms with Crippen molar-refractivity contribution in [1.82, 2.24) is 24.8 Å². The zero-order valence-corrected chi connectivity index (χ0v) is 30.8. The molecule has 0 spiro atoms. The van der Waals surface area contributed by atoms with Crippen LogP contribution in [0.2, 0.25) is 0 Å². The Morgan fingerprint density at radius 3 is 2.39 bits per heavy atom. The van der Waals surface area contributed by atoms with Crippen LogP contribution in [-0.2, 0) is 9.47 Å². The van der Waals surface area contributed by atoms with Crippen LogP contribution in [0.1, 0.15) is 59.9 Å². The fourth-order valence-corrected chi connectivity index (χ4v) is 7.11. The fourth-order valence-electron chi connectivity index (χ4n) is 6.23. The first kappa shape index (κ1) is 36.0. The lowest BCUT2D eigenvalue weighted by Crippen LogP contribution is -2.50. The summed E-state index contributed by atoms with van der Waals surface area (Å²) in [5, 5.41) is 13.7. The molecule has 0 unspecified atom stereocenters. The largest absolute Gasteiger partial charge is 0.462 e. The zero-order chi connectivity index (χ0) is 36.7. The number of nitrogens with one attached hydrogen (secondary N) is 1. The number of likely N-dealkylation sites (N-methyl/N-ethyl adjacent to an activating group) is 1. The van der Waals surface area contributed by atoms with Gasteiger partial charge in [-0.1, -0.05) is 23.5 Å². The number of thiazole rings is 1. The van der Waals surface area contributed by atoms with Crippen molar-refractivity contribution in [2.75, 3.05) is 56.6 Å². The van der Waals surface area contributed by atoms with E-state index in [9.17, 15) is 14.9 Å². The summed E-state index contributed by atoms with van der Waals surface area (Å²) in [7, 11) is 2.04. The Labute approximate surface area is 300 Å². The number of piperazine rings is 1. The quantitative estimate of drug-likeness (QED) is 0.225. The number of aromatic nitrogens is 3. The second-order valence-electron chi connectivity index (χ2n) is 14.8. The number of fused-ring (bicyclic) bond motifs is 2. The molecule has 0 saturated carbocycles. The van der Waals surface area contributed by atoms with Gasteiger partial charge in [-0.05, 0) is 80.1 Å². The molecule has 270 valence electrons. The second kappa shape index (κ2) is 14.1. The highest BCUT2D eigenvalue weighted by molar-refractivity contribution is 7.22. The molecule has 2 amide bonds. The van der Waals surface area contributed by atoms with E-state index in [1.807, 2.05) is 38.8 Å². The van der Waals surface area contributed by atoms with Crippen LogP contribution < -0.4 is 15.0 Å².